The number of carbonyl (C=O) groups is 1. The monoisotopic (exact) mass is 276 g/mol. The van der Waals surface area contributed by atoms with Gasteiger partial charge in [-0.1, -0.05) is 19.9 Å². The van der Waals surface area contributed by atoms with Crippen LogP contribution in [0.15, 0.2) is 18.2 Å². The van der Waals surface area contributed by atoms with Crippen LogP contribution in [0.4, 0.5) is 5.69 Å². The van der Waals surface area contributed by atoms with Gasteiger partial charge in [-0.05, 0) is 31.0 Å². The molecule has 1 unspecified atom stereocenters. The summed E-state index contributed by atoms with van der Waals surface area (Å²) < 4.78 is 5.81. The molecule has 1 aliphatic rings. The second-order valence-electron chi connectivity index (χ2n) is 5.49. The molecule has 0 saturated heterocycles. The Kier molecular flexibility index (Phi) is 5.41. The summed E-state index contributed by atoms with van der Waals surface area (Å²) in [6, 6.07) is 5.96. The number of anilines is 1. The number of nitrogens with one attached hydrogen (secondary N) is 2. The predicted octanol–water partition coefficient (Wildman–Crippen LogP) is 2.59. The van der Waals surface area contributed by atoms with Crippen LogP contribution in [-0.4, -0.2) is 25.6 Å². The van der Waals surface area contributed by atoms with Gasteiger partial charge in [-0.2, -0.15) is 0 Å². The fourth-order valence-electron chi connectivity index (χ4n) is 2.26. The van der Waals surface area contributed by atoms with Crippen LogP contribution < -0.4 is 15.4 Å². The molecule has 1 amide bonds. The number of rotatable bonds is 7. The summed E-state index contributed by atoms with van der Waals surface area (Å²) >= 11 is 0. The lowest BCUT2D eigenvalue weighted by Gasteiger charge is -2.19. The molecule has 20 heavy (non-hydrogen) atoms. The molecular formula is C16H24N2O2. The van der Waals surface area contributed by atoms with Crippen LogP contribution >= 0.6 is 0 Å². The Morgan fingerprint density at radius 3 is 3.05 bits per heavy atom. The van der Waals surface area contributed by atoms with Crippen molar-refractivity contribution in [2.45, 2.75) is 33.1 Å². The van der Waals surface area contributed by atoms with Crippen molar-refractivity contribution in [3.05, 3.63) is 23.8 Å². The first-order valence-electron chi connectivity index (χ1n) is 7.45. The molecule has 1 heterocycles. The van der Waals surface area contributed by atoms with Crippen LogP contribution in [0.25, 0.3) is 0 Å². The largest absolute Gasteiger partial charge is 0.493 e. The van der Waals surface area contributed by atoms with Crippen molar-refractivity contribution in [2.24, 2.45) is 5.92 Å². The van der Waals surface area contributed by atoms with E-state index in [1.54, 1.807) is 0 Å². The minimum atomic E-state index is 0.0896. The highest BCUT2D eigenvalue weighted by Crippen LogP contribution is 2.27. The Hall–Kier alpha value is -1.55. The molecule has 0 aromatic heterocycles. The number of fused-ring (bicyclic) bond motifs is 1. The van der Waals surface area contributed by atoms with Crippen LogP contribution in [0.1, 0.15) is 32.3 Å². The molecular weight excluding hydrogens is 252 g/mol. The Labute approximate surface area is 120 Å². The molecule has 0 aliphatic carbocycles. The van der Waals surface area contributed by atoms with Gasteiger partial charge in [0.25, 0.3) is 0 Å². The third-order valence-corrected chi connectivity index (χ3v) is 3.43. The smallest absolute Gasteiger partial charge is 0.224 e. The molecule has 110 valence electrons. The molecule has 0 spiro atoms. The summed E-state index contributed by atoms with van der Waals surface area (Å²) in [4.78, 5) is 11.4. The lowest BCUT2D eigenvalue weighted by Crippen LogP contribution is -2.25. The maximum absolute atomic E-state index is 11.4. The molecule has 0 bridgehead atoms. The quantitative estimate of drug-likeness (QED) is 0.753. The Morgan fingerprint density at radius 1 is 1.40 bits per heavy atom. The third-order valence-electron chi connectivity index (χ3n) is 3.43. The van der Waals surface area contributed by atoms with Crippen molar-refractivity contribution in [2.75, 3.05) is 25.0 Å². The maximum atomic E-state index is 11.4. The van der Waals surface area contributed by atoms with E-state index in [0.717, 1.165) is 37.4 Å². The predicted molar refractivity (Wildman–Crippen MR) is 81.2 cm³/mol. The summed E-state index contributed by atoms with van der Waals surface area (Å²) in [5.74, 6) is 1.38. The number of amides is 1. The second-order valence-corrected chi connectivity index (χ2v) is 5.49. The van der Waals surface area contributed by atoms with Crippen molar-refractivity contribution in [1.82, 2.24) is 5.32 Å². The summed E-state index contributed by atoms with van der Waals surface area (Å²) in [6.45, 7) is 7.03. The maximum Gasteiger partial charge on any atom is 0.224 e. The van der Waals surface area contributed by atoms with Gasteiger partial charge in [-0.25, -0.2) is 0 Å². The molecule has 0 fully saturated rings. The molecule has 1 aromatic rings. The number of carbonyl (C=O) groups excluding carboxylic acids is 1. The summed E-state index contributed by atoms with van der Waals surface area (Å²) in [7, 11) is 0. The van der Waals surface area contributed by atoms with Gasteiger partial charge in [0, 0.05) is 30.6 Å². The Balaban J connectivity index is 1.84. The summed E-state index contributed by atoms with van der Waals surface area (Å²) in [6.07, 6.45) is 2.55. The van der Waals surface area contributed by atoms with Gasteiger partial charge in [0.2, 0.25) is 5.91 Å². The lowest BCUT2D eigenvalue weighted by molar-refractivity contribution is -0.116. The van der Waals surface area contributed by atoms with Crippen LogP contribution in [-0.2, 0) is 11.2 Å². The van der Waals surface area contributed by atoms with Crippen LogP contribution in [0.2, 0.25) is 0 Å². The van der Waals surface area contributed by atoms with Crippen molar-refractivity contribution >= 4 is 11.6 Å². The van der Waals surface area contributed by atoms with E-state index in [9.17, 15) is 4.79 Å². The van der Waals surface area contributed by atoms with Crippen LogP contribution in [0.5, 0.6) is 5.75 Å². The standard InChI is InChI=1S/C16H24N2O2/c1-3-8-17-10-12(2)11-20-14-6-4-13-5-7-16(19)18-15(13)9-14/h4,6,9,12,17H,3,5,7-8,10-11H2,1-2H3,(H,18,19). The zero-order valence-corrected chi connectivity index (χ0v) is 12.4. The minimum Gasteiger partial charge on any atom is -0.493 e. The second kappa shape index (κ2) is 7.29. The van der Waals surface area contributed by atoms with Gasteiger partial charge in [0.1, 0.15) is 5.75 Å². The number of aryl methyl sites for hydroxylation is 1. The van der Waals surface area contributed by atoms with E-state index in [-0.39, 0.29) is 5.91 Å². The van der Waals surface area contributed by atoms with E-state index in [4.69, 9.17) is 4.74 Å². The van der Waals surface area contributed by atoms with Crippen LogP contribution in [0, 0.1) is 5.92 Å². The normalized spacial score (nSPS) is 15.4. The molecule has 1 aromatic carbocycles. The molecule has 4 nitrogen and oxygen atoms in total. The average molecular weight is 276 g/mol. The molecule has 0 radical (unpaired) electrons. The van der Waals surface area contributed by atoms with Crippen molar-refractivity contribution in [3.63, 3.8) is 0 Å². The van der Waals surface area contributed by atoms with E-state index in [1.165, 1.54) is 5.56 Å². The Morgan fingerprint density at radius 2 is 2.25 bits per heavy atom. The third kappa shape index (κ3) is 4.23. The van der Waals surface area contributed by atoms with E-state index in [1.807, 2.05) is 18.2 Å². The highest BCUT2D eigenvalue weighted by atomic mass is 16.5. The lowest BCUT2D eigenvalue weighted by atomic mass is 10.0. The van der Waals surface area contributed by atoms with Gasteiger partial charge in [-0.15, -0.1) is 0 Å². The molecule has 0 saturated carbocycles. The molecule has 2 rings (SSSR count). The SMILES string of the molecule is CCCNCC(C)COc1ccc2c(c1)NC(=O)CC2. The van der Waals surface area contributed by atoms with Gasteiger partial charge < -0.3 is 15.4 Å². The van der Waals surface area contributed by atoms with Crippen molar-refractivity contribution in [3.8, 4) is 5.75 Å². The zero-order valence-electron chi connectivity index (χ0n) is 12.4. The van der Waals surface area contributed by atoms with Crippen molar-refractivity contribution < 1.29 is 9.53 Å². The molecule has 1 atom stereocenters. The van der Waals surface area contributed by atoms with Crippen molar-refractivity contribution in [1.29, 1.82) is 0 Å². The highest BCUT2D eigenvalue weighted by Gasteiger charge is 2.15. The minimum absolute atomic E-state index is 0.0896. The van der Waals surface area contributed by atoms with E-state index in [0.29, 0.717) is 18.9 Å². The first-order chi connectivity index (χ1) is 9.69. The fourth-order valence-corrected chi connectivity index (χ4v) is 2.26. The number of benzene rings is 1. The fraction of sp³-hybridized carbons (Fsp3) is 0.562. The summed E-state index contributed by atoms with van der Waals surface area (Å²) in [5.41, 5.74) is 2.09. The topological polar surface area (TPSA) is 50.4 Å². The van der Waals surface area contributed by atoms with E-state index >= 15 is 0 Å². The zero-order chi connectivity index (χ0) is 14.4. The van der Waals surface area contributed by atoms with E-state index in [2.05, 4.69) is 24.5 Å². The Bertz CT molecular complexity index is 460. The molecule has 1 aliphatic heterocycles. The van der Waals surface area contributed by atoms with Crippen LogP contribution in [0.3, 0.4) is 0 Å². The average Bonchev–Trinajstić information content (AvgIpc) is 2.45. The summed E-state index contributed by atoms with van der Waals surface area (Å²) in [5, 5.41) is 6.29. The molecule has 4 heteroatoms. The first-order valence-corrected chi connectivity index (χ1v) is 7.45. The van der Waals surface area contributed by atoms with E-state index < -0.39 is 0 Å². The first kappa shape index (κ1) is 14.9. The number of ether oxygens (including phenoxy) is 1. The van der Waals surface area contributed by atoms with Gasteiger partial charge in [-0.3, -0.25) is 4.79 Å². The highest BCUT2D eigenvalue weighted by molar-refractivity contribution is 5.94. The number of hydrogen-bond donors (Lipinski definition) is 2. The number of hydrogen-bond acceptors (Lipinski definition) is 3. The van der Waals surface area contributed by atoms with Gasteiger partial charge >= 0.3 is 0 Å². The van der Waals surface area contributed by atoms with Gasteiger partial charge in [0.05, 0.1) is 6.61 Å². The van der Waals surface area contributed by atoms with Gasteiger partial charge in [0.15, 0.2) is 0 Å². The molecule has 2 N–H and O–H groups in total.